The van der Waals surface area contributed by atoms with Crippen molar-refractivity contribution >= 4 is 17.7 Å². The van der Waals surface area contributed by atoms with Crippen LogP contribution in [0.25, 0.3) is 0 Å². The van der Waals surface area contributed by atoms with Crippen LogP contribution in [0, 0.1) is 0 Å². The molecule has 2 aromatic heterocycles. The summed E-state index contributed by atoms with van der Waals surface area (Å²) in [5, 5.41) is 20.4. The van der Waals surface area contributed by atoms with Crippen molar-refractivity contribution in [3.8, 4) is 0 Å². The first-order chi connectivity index (χ1) is 9.20. The van der Waals surface area contributed by atoms with Gasteiger partial charge in [0.25, 0.3) is 0 Å². The molecule has 2 heterocycles. The molecule has 19 heavy (non-hydrogen) atoms. The SMILES string of the molecule is CCc1cccnc1Cn1nnnc1SCC(=O)O. The zero-order valence-electron chi connectivity index (χ0n) is 10.4. The number of aliphatic carboxylic acids is 1. The molecule has 0 spiro atoms. The maximum absolute atomic E-state index is 10.6. The molecule has 1 N–H and O–H groups in total. The van der Waals surface area contributed by atoms with Gasteiger partial charge in [-0.1, -0.05) is 24.8 Å². The Hall–Kier alpha value is -1.96. The number of rotatable bonds is 6. The summed E-state index contributed by atoms with van der Waals surface area (Å²) in [6, 6.07) is 3.90. The fraction of sp³-hybridized carbons (Fsp3) is 0.364. The summed E-state index contributed by atoms with van der Waals surface area (Å²) in [5.74, 6) is -0.963. The molecule has 8 heteroatoms. The van der Waals surface area contributed by atoms with Gasteiger partial charge in [-0.15, -0.1) is 5.10 Å². The van der Waals surface area contributed by atoms with E-state index in [0.29, 0.717) is 11.7 Å². The van der Waals surface area contributed by atoms with Gasteiger partial charge in [0.2, 0.25) is 5.16 Å². The van der Waals surface area contributed by atoms with Crippen LogP contribution in [-0.4, -0.2) is 42.0 Å². The molecule has 100 valence electrons. The Balaban J connectivity index is 2.15. The smallest absolute Gasteiger partial charge is 0.313 e. The topological polar surface area (TPSA) is 93.8 Å². The molecule has 0 unspecified atom stereocenters. The van der Waals surface area contributed by atoms with E-state index in [9.17, 15) is 4.79 Å². The first-order valence-corrected chi connectivity index (χ1v) is 6.72. The van der Waals surface area contributed by atoms with Crippen LogP contribution in [0.5, 0.6) is 0 Å². The molecule has 7 nitrogen and oxygen atoms in total. The van der Waals surface area contributed by atoms with Crippen molar-refractivity contribution in [2.75, 3.05) is 5.75 Å². The second-order valence-electron chi connectivity index (χ2n) is 3.76. The molecule has 0 aliphatic rings. The van der Waals surface area contributed by atoms with Gasteiger partial charge < -0.3 is 5.11 Å². The molecule has 2 rings (SSSR count). The third-order valence-electron chi connectivity index (χ3n) is 2.49. The highest BCUT2D eigenvalue weighted by Crippen LogP contribution is 2.15. The molecule has 0 aromatic carbocycles. The van der Waals surface area contributed by atoms with Gasteiger partial charge in [-0.2, -0.15) is 0 Å². The lowest BCUT2D eigenvalue weighted by Crippen LogP contribution is -2.09. The van der Waals surface area contributed by atoms with Gasteiger partial charge in [0.05, 0.1) is 18.0 Å². The quantitative estimate of drug-likeness (QED) is 0.783. The zero-order valence-corrected chi connectivity index (χ0v) is 11.2. The number of aryl methyl sites for hydroxylation is 1. The number of hydrogen-bond acceptors (Lipinski definition) is 6. The number of tetrazole rings is 1. The molecule has 0 amide bonds. The maximum atomic E-state index is 10.6. The summed E-state index contributed by atoms with van der Waals surface area (Å²) in [6.07, 6.45) is 2.60. The normalized spacial score (nSPS) is 10.6. The van der Waals surface area contributed by atoms with Crippen molar-refractivity contribution in [1.29, 1.82) is 0 Å². The molecule has 0 aliphatic carbocycles. The Labute approximate surface area is 114 Å². The van der Waals surface area contributed by atoms with E-state index in [0.717, 1.165) is 29.4 Å². The summed E-state index contributed by atoms with van der Waals surface area (Å²) < 4.78 is 1.56. The largest absolute Gasteiger partial charge is 0.481 e. The van der Waals surface area contributed by atoms with E-state index in [1.54, 1.807) is 10.9 Å². The van der Waals surface area contributed by atoms with Gasteiger partial charge in [-0.05, 0) is 28.5 Å². The Bertz CT molecular complexity index is 572. The van der Waals surface area contributed by atoms with Gasteiger partial charge in [0.15, 0.2) is 0 Å². The van der Waals surface area contributed by atoms with E-state index >= 15 is 0 Å². The number of carbonyl (C=O) groups is 1. The highest BCUT2D eigenvalue weighted by molar-refractivity contribution is 7.99. The van der Waals surface area contributed by atoms with E-state index in [1.807, 2.05) is 12.1 Å². The van der Waals surface area contributed by atoms with Gasteiger partial charge in [-0.25, -0.2) is 4.68 Å². The molecule has 0 atom stereocenters. The van der Waals surface area contributed by atoms with Crippen LogP contribution in [0.3, 0.4) is 0 Å². The van der Waals surface area contributed by atoms with Crippen molar-refractivity contribution in [3.05, 3.63) is 29.6 Å². The third-order valence-corrected chi connectivity index (χ3v) is 3.43. The molecule has 2 aromatic rings. The van der Waals surface area contributed by atoms with Crippen LogP contribution >= 0.6 is 11.8 Å². The average molecular weight is 279 g/mol. The Morgan fingerprint density at radius 1 is 1.53 bits per heavy atom. The first kappa shape index (κ1) is 13.5. The molecule has 0 saturated heterocycles. The van der Waals surface area contributed by atoms with E-state index in [2.05, 4.69) is 27.4 Å². The van der Waals surface area contributed by atoms with Gasteiger partial charge in [0, 0.05) is 6.20 Å². The molecule has 0 bridgehead atoms. The van der Waals surface area contributed by atoms with Crippen molar-refractivity contribution < 1.29 is 9.90 Å². The second-order valence-corrected chi connectivity index (χ2v) is 4.71. The van der Waals surface area contributed by atoms with Crippen LogP contribution in [0.2, 0.25) is 0 Å². The third kappa shape index (κ3) is 3.50. The molecule has 0 saturated carbocycles. The number of nitrogens with zero attached hydrogens (tertiary/aromatic N) is 5. The van der Waals surface area contributed by atoms with Crippen LogP contribution in [0.4, 0.5) is 0 Å². The number of thioether (sulfide) groups is 1. The van der Waals surface area contributed by atoms with Gasteiger partial charge >= 0.3 is 5.97 Å². The fourth-order valence-corrected chi connectivity index (χ4v) is 2.20. The Kier molecular flexibility index (Phi) is 4.45. The summed E-state index contributed by atoms with van der Waals surface area (Å²) in [4.78, 5) is 14.9. The fourth-order valence-electron chi connectivity index (χ4n) is 1.60. The molecule has 0 aliphatic heterocycles. The average Bonchev–Trinajstić information content (AvgIpc) is 2.84. The minimum Gasteiger partial charge on any atom is -0.481 e. The zero-order chi connectivity index (χ0) is 13.7. The van der Waals surface area contributed by atoms with E-state index in [-0.39, 0.29) is 5.75 Å². The lowest BCUT2D eigenvalue weighted by atomic mass is 10.1. The molecule has 0 radical (unpaired) electrons. The number of hydrogen-bond donors (Lipinski definition) is 1. The lowest BCUT2D eigenvalue weighted by molar-refractivity contribution is -0.133. The monoisotopic (exact) mass is 279 g/mol. The summed E-state index contributed by atoms with van der Waals surface area (Å²) in [6.45, 7) is 2.50. The Morgan fingerprint density at radius 2 is 2.37 bits per heavy atom. The first-order valence-electron chi connectivity index (χ1n) is 5.74. The summed E-state index contributed by atoms with van der Waals surface area (Å²) in [5.41, 5.74) is 2.03. The van der Waals surface area contributed by atoms with Gasteiger partial charge in [0.1, 0.15) is 0 Å². The molecule has 0 fully saturated rings. The van der Waals surface area contributed by atoms with Crippen LogP contribution in [-0.2, 0) is 17.8 Å². The van der Waals surface area contributed by atoms with E-state index in [1.165, 1.54) is 0 Å². The predicted molar refractivity (Wildman–Crippen MR) is 68.9 cm³/mol. The molecular weight excluding hydrogens is 266 g/mol. The van der Waals surface area contributed by atoms with Crippen LogP contribution in [0.1, 0.15) is 18.2 Å². The van der Waals surface area contributed by atoms with Crippen molar-refractivity contribution in [3.63, 3.8) is 0 Å². The van der Waals surface area contributed by atoms with E-state index < -0.39 is 5.97 Å². The highest BCUT2D eigenvalue weighted by atomic mass is 32.2. The summed E-state index contributed by atoms with van der Waals surface area (Å²) in [7, 11) is 0. The highest BCUT2D eigenvalue weighted by Gasteiger charge is 2.11. The van der Waals surface area contributed by atoms with Crippen LogP contribution in [0.15, 0.2) is 23.5 Å². The second kappa shape index (κ2) is 6.28. The number of carboxylic acids is 1. The number of carboxylic acid groups (broad SMARTS) is 1. The standard InChI is InChI=1S/C11H13N5O2S/c1-2-8-4-3-5-12-9(8)6-16-11(13-14-15-16)19-7-10(17)18/h3-5H,2,6-7H2,1H3,(H,17,18). The number of pyridine rings is 1. The van der Waals surface area contributed by atoms with Crippen LogP contribution < -0.4 is 0 Å². The molecular formula is C11H13N5O2S. The Morgan fingerprint density at radius 3 is 3.11 bits per heavy atom. The van der Waals surface area contributed by atoms with Gasteiger partial charge in [-0.3, -0.25) is 9.78 Å². The lowest BCUT2D eigenvalue weighted by Gasteiger charge is -2.07. The van der Waals surface area contributed by atoms with Crippen molar-refractivity contribution in [2.45, 2.75) is 25.0 Å². The predicted octanol–water partition coefficient (Wildman–Crippen LogP) is 0.855. The number of aromatic nitrogens is 5. The minimum atomic E-state index is -0.897. The maximum Gasteiger partial charge on any atom is 0.313 e. The minimum absolute atomic E-state index is 0.0662. The van der Waals surface area contributed by atoms with Crippen molar-refractivity contribution in [1.82, 2.24) is 25.2 Å². The van der Waals surface area contributed by atoms with Crippen molar-refractivity contribution in [2.24, 2.45) is 0 Å². The van der Waals surface area contributed by atoms with E-state index in [4.69, 9.17) is 5.11 Å². The summed E-state index contributed by atoms with van der Waals surface area (Å²) >= 11 is 1.09.